The van der Waals surface area contributed by atoms with Gasteiger partial charge < -0.3 is 29.2 Å². The number of rotatable bonds is 7. The van der Waals surface area contributed by atoms with Gasteiger partial charge in [-0.2, -0.15) is 10.5 Å². The van der Waals surface area contributed by atoms with Crippen molar-refractivity contribution >= 4 is 49.6 Å². The molecule has 8 rings (SSSR count). The second-order valence-corrected chi connectivity index (χ2v) is 13.5. The number of aryl methyl sites for hydroxylation is 7. The van der Waals surface area contributed by atoms with E-state index in [4.69, 9.17) is 32.3 Å². The molecule has 0 atom stereocenters. The van der Waals surface area contributed by atoms with Gasteiger partial charge in [0.2, 0.25) is 22.8 Å². The molecule has 0 amide bonds. The molecule has 3 aromatic carbocycles. The van der Waals surface area contributed by atoms with Crippen molar-refractivity contribution in [3.8, 4) is 28.9 Å². The maximum absolute atomic E-state index is 9.58. The normalized spacial score (nSPS) is 10.1. The molecule has 15 nitrogen and oxygen atoms in total. The molecule has 0 bridgehead atoms. The topological polar surface area (TPSA) is 208 Å². The number of aromatic amines is 1. The molecule has 0 aliphatic rings. The van der Waals surface area contributed by atoms with Gasteiger partial charge in [0.25, 0.3) is 0 Å². The van der Waals surface area contributed by atoms with Crippen molar-refractivity contribution in [2.45, 2.75) is 87.9 Å². The van der Waals surface area contributed by atoms with Gasteiger partial charge in [-0.1, -0.05) is 50.2 Å². The van der Waals surface area contributed by atoms with E-state index in [0.717, 1.165) is 53.6 Å². The van der Waals surface area contributed by atoms with Crippen LogP contribution in [-0.2, 0) is 30.8 Å². The average molecular weight is 824 g/mol. The van der Waals surface area contributed by atoms with Crippen LogP contribution < -0.4 is 29.6 Å². The minimum absolute atomic E-state index is 0. The number of nitriles is 1. The Bertz CT molecular complexity index is 2680. The van der Waals surface area contributed by atoms with Crippen LogP contribution in [-0.4, -0.2) is 49.8 Å². The number of hydrogen-bond donors (Lipinski definition) is 1. The molecule has 17 heteroatoms. The fraction of sp³-hybridized carbons (Fsp3) is 0.310. The SMILES string of the molecule is CCC(=O)Cl.CCc1nnc(-c2cn(CC)c3cc(C)ccc23)o1.CCn1cc(-c2nn[nH]n2)c2ccc(C)cc21.CCn1cc(C#N)c2ccc(C)cc21.[N-]=[N+]=[N-].[Na+]. The average Bonchev–Trinajstić information content (AvgIpc) is 4.08. The molecule has 8 aromatic rings. The fourth-order valence-electron chi connectivity index (χ4n) is 6.21. The van der Waals surface area contributed by atoms with Crippen LogP contribution in [0.1, 0.15) is 69.2 Å². The van der Waals surface area contributed by atoms with E-state index in [0.29, 0.717) is 24.0 Å². The molecular formula is C42H47ClN13NaO2. The molecule has 5 aromatic heterocycles. The maximum Gasteiger partial charge on any atom is 1.00 e. The molecule has 5 heterocycles. The van der Waals surface area contributed by atoms with Crippen LogP contribution in [0.25, 0.3) is 71.5 Å². The molecule has 0 aliphatic heterocycles. The van der Waals surface area contributed by atoms with Gasteiger partial charge in [0.15, 0.2) is 0 Å². The summed E-state index contributed by atoms with van der Waals surface area (Å²) in [5.74, 6) is 1.93. The van der Waals surface area contributed by atoms with Crippen LogP contribution in [0.5, 0.6) is 0 Å². The third-order valence-electron chi connectivity index (χ3n) is 9.12. The minimum Gasteiger partial charge on any atom is -0.421 e. The summed E-state index contributed by atoms with van der Waals surface area (Å²) in [5.41, 5.74) is 23.6. The minimum atomic E-state index is -0.273. The first-order valence-corrected chi connectivity index (χ1v) is 19.3. The summed E-state index contributed by atoms with van der Waals surface area (Å²) < 4.78 is 12.2. The third-order valence-corrected chi connectivity index (χ3v) is 9.39. The van der Waals surface area contributed by atoms with E-state index in [-0.39, 0.29) is 34.8 Å². The molecule has 0 fully saturated rings. The number of fused-ring (bicyclic) bond motifs is 3. The maximum atomic E-state index is 9.58. The Morgan fingerprint density at radius 1 is 0.763 bits per heavy atom. The number of aromatic nitrogens is 9. The summed E-state index contributed by atoms with van der Waals surface area (Å²) >= 11 is 4.82. The van der Waals surface area contributed by atoms with E-state index in [9.17, 15) is 4.79 Å². The van der Waals surface area contributed by atoms with Gasteiger partial charge in [-0.25, -0.2) is 0 Å². The third kappa shape index (κ3) is 11.9. The zero-order valence-corrected chi connectivity index (χ0v) is 37.8. The van der Waals surface area contributed by atoms with E-state index in [1.165, 1.54) is 43.4 Å². The van der Waals surface area contributed by atoms with Crippen molar-refractivity contribution in [1.82, 2.24) is 44.5 Å². The van der Waals surface area contributed by atoms with E-state index >= 15 is 0 Å². The molecule has 59 heavy (non-hydrogen) atoms. The number of H-pyrrole nitrogens is 1. The van der Waals surface area contributed by atoms with E-state index < -0.39 is 0 Å². The first-order chi connectivity index (χ1) is 28.0. The Kier molecular flexibility index (Phi) is 18.6. The van der Waals surface area contributed by atoms with E-state index in [1.54, 1.807) is 6.92 Å². The predicted octanol–water partition coefficient (Wildman–Crippen LogP) is 7.60. The molecule has 0 spiro atoms. The molecule has 0 saturated heterocycles. The molecule has 0 radical (unpaired) electrons. The molecule has 0 aliphatic carbocycles. The Labute approximate surface area is 370 Å². The second-order valence-electron chi connectivity index (χ2n) is 13.0. The molecule has 0 unspecified atom stereocenters. The number of benzene rings is 3. The summed E-state index contributed by atoms with van der Waals surface area (Å²) in [6, 6.07) is 21.3. The van der Waals surface area contributed by atoms with Crippen molar-refractivity contribution in [3.05, 3.63) is 117 Å². The van der Waals surface area contributed by atoms with Crippen molar-refractivity contribution in [1.29, 1.82) is 5.26 Å². The van der Waals surface area contributed by atoms with Gasteiger partial charge in [-0.15, -0.1) is 20.4 Å². The Hall–Kier alpha value is -5.75. The van der Waals surface area contributed by atoms with Gasteiger partial charge in [0.1, 0.15) is 6.07 Å². The zero-order chi connectivity index (χ0) is 42.4. The molecular weight excluding hydrogens is 777 g/mol. The fourth-order valence-corrected chi connectivity index (χ4v) is 6.21. The summed E-state index contributed by atoms with van der Waals surface area (Å²) in [5, 5.41) is 34.5. The number of hydrogen-bond acceptors (Lipinski definition) is 8. The van der Waals surface area contributed by atoms with Gasteiger partial charge in [0.05, 0.1) is 11.1 Å². The van der Waals surface area contributed by atoms with Crippen molar-refractivity contribution in [2.75, 3.05) is 0 Å². The Morgan fingerprint density at radius 3 is 1.64 bits per heavy atom. The number of tetrazole rings is 1. The van der Waals surface area contributed by atoms with Gasteiger partial charge >= 0.3 is 29.6 Å². The van der Waals surface area contributed by atoms with E-state index in [1.807, 2.05) is 25.3 Å². The number of carbonyl (C=O) groups excluding carboxylic acids is 1. The summed E-state index contributed by atoms with van der Waals surface area (Å²) in [4.78, 5) is 11.1. The predicted molar refractivity (Wildman–Crippen MR) is 229 cm³/mol. The van der Waals surface area contributed by atoms with Crippen LogP contribution in [0.2, 0.25) is 0 Å². The van der Waals surface area contributed by atoms with Gasteiger partial charge in [-0.05, 0) is 93.2 Å². The Balaban J connectivity index is 0.000000217. The number of nitrogens with one attached hydrogen (secondary N) is 1. The van der Waals surface area contributed by atoms with Crippen molar-refractivity contribution < 1.29 is 38.8 Å². The van der Waals surface area contributed by atoms with E-state index in [2.05, 4.69) is 147 Å². The number of carbonyl (C=O) groups is 1. The largest absolute Gasteiger partial charge is 1.00 e. The van der Waals surface area contributed by atoms with Crippen LogP contribution in [0.3, 0.4) is 0 Å². The van der Waals surface area contributed by atoms with Crippen molar-refractivity contribution in [2.24, 2.45) is 0 Å². The van der Waals surface area contributed by atoms with Crippen LogP contribution in [0.15, 0.2) is 77.6 Å². The monoisotopic (exact) mass is 823 g/mol. The van der Waals surface area contributed by atoms with Gasteiger partial charge in [0, 0.05) is 89.3 Å². The molecule has 300 valence electrons. The molecule has 1 N–H and O–H groups in total. The van der Waals surface area contributed by atoms with Crippen LogP contribution in [0.4, 0.5) is 0 Å². The first-order valence-electron chi connectivity index (χ1n) is 18.9. The summed E-state index contributed by atoms with van der Waals surface area (Å²) in [6.45, 7) is 19.1. The number of nitrogens with zero attached hydrogens (tertiary/aromatic N) is 12. The molecule has 0 saturated carbocycles. The zero-order valence-electron chi connectivity index (χ0n) is 35.0. The summed E-state index contributed by atoms with van der Waals surface area (Å²) in [7, 11) is 0. The summed E-state index contributed by atoms with van der Waals surface area (Å²) in [6.07, 6.45) is 7.29. The number of halogens is 1. The van der Waals surface area contributed by atoms with Crippen LogP contribution >= 0.6 is 11.6 Å². The first kappa shape index (κ1) is 47.6. The standard InChI is InChI=1S/C15H17N3O.C12H13N5.C12H12N2.C3H5ClO.N3.Na/c1-4-14-16-17-15(19-14)12-9-18(5-2)13-8-10(3)6-7-11(12)13;1-3-17-7-10(12-13-15-16-14-12)9-5-4-8(2)6-11(9)17;1-3-14-8-10(7-13)11-5-4-9(2)6-12(11)14;1-2-3(4)5;1-3-2;/h6-9H,4-5H2,1-3H3;4-7H,3H2,1-2H3,(H,13,14,15,16);4-6,8H,3H2,1-2H3;2H2,1H3;;/q;;;;-1;+1. The van der Waals surface area contributed by atoms with Crippen molar-refractivity contribution in [3.63, 3.8) is 0 Å². The second kappa shape index (κ2) is 23.0. The Morgan fingerprint density at radius 2 is 1.22 bits per heavy atom. The van der Waals surface area contributed by atoms with Crippen LogP contribution in [0, 0.1) is 32.1 Å². The van der Waals surface area contributed by atoms with Gasteiger partial charge in [-0.3, -0.25) is 9.71 Å². The smallest absolute Gasteiger partial charge is 0.421 e. The quantitative estimate of drug-likeness (QED) is 0.0555.